The van der Waals surface area contributed by atoms with Gasteiger partial charge in [0, 0.05) is 16.1 Å². The SMILES string of the molecule is CC(C)[C@H](NC(=O)c1ccc(F)cc1)C(=O)N/N=C\c1ccccc1OCc1ccc(Cl)cc1. The van der Waals surface area contributed by atoms with Crippen LogP contribution >= 0.6 is 11.6 Å². The molecule has 3 aromatic rings. The first-order valence-corrected chi connectivity index (χ1v) is 11.1. The van der Waals surface area contributed by atoms with Crippen molar-refractivity contribution in [2.45, 2.75) is 26.5 Å². The lowest BCUT2D eigenvalue weighted by Crippen LogP contribution is -2.48. The van der Waals surface area contributed by atoms with Crippen LogP contribution in [-0.4, -0.2) is 24.1 Å². The van der Waals surface area contributed by atoms with Gasteiger partial charge in [0.2, 0.25) is 0 Å². The molecule has 3 aromatic carbocycles. The first-order chi connectivity index (χ1) is 16.3. The van der Waals surface area contributed by atoms with Gasteiger partial charge in [-0.3, -0.25) is 9.59 Å². The first kappa shape index (κ1) is 24.9. The Hall–Kier alpha value is -3.71. The number of carbonyl (C=O) groups excluding carboxylic acids is 2. The van der Waals surface area contributed by atoms with E-state index in [9.17, 15) is 14.0 Å². The van der Waals surface area contributed by atoms with Crippen molar-refractivity contribution in [3.05, 3.63) is 100 Å². The molecule has 34 heavy (non-hydrogen) atoms. The maximum absolute atomic E-state index is 13.1. The van der Waals surface area contributed by atoms with E-state index in [2.05, 4.69) is 15.8 Å². The third kappa shape index (κ3) is 7.15. The zero-order valence-corrected chi connectivity index (χ0v) is 19.6. The molecule has 0 spiro atoms. The van der Waals surface area contributed by atoms with E-state index in [1.165, 1.54) is 30.5 Å². The van der Waals surface area contributed by atoms with Crippen molar-refractivity contribution in [1.29, 1.82) is 0 Å². The van der Waals surface area contributed by atoms with Crippen molar-refractivity contribution in [2.75, 3.05) is 0 Å². The predicted octanol–water partition coefficient (Wildman–Crippen LogP) is 4.96. The van der Waals surface area contributed by atoms with E-state index in [1.54, 1.807) is 32.0 Å². The molecule has 0 radical (unpaired) electrons. The number of benzene rings is 3. The smallest absolute Gasteiger partial charge is 0.262 e. The average molecular weight is 482 g/mol. The van der Waals surface area contributed by atoms with Crippen molar-refractivity contribution >= 4 is 29.6 Å². The van der Waals surface area contributed by atoms with E-state index in [0.29, 0.717) is 22.9 Å². The molecule has 3 rings (SSSR count). The molecule has 2 N–H and O–H groups in total. The van der Waals surface area contributed by atoms with Crippen LogP contribution in [0.4, 0.5) is 4.39 Å². The number of carbonyl (C=O) groups is 2. The molecule has 0 aliphatic carbocycles. The Balaban J connectivity index is 1.61. The summed E-state index contributed by atoms with van der Waals surface area (Å²) < 4.78 is 19.0. The highest BCUT2D eigenvalue weighted by molar-refractivity contribution is 6.30. The van der Waals surface area contributed by atoms with Gasteiger partial charge < -0.3 is 10.1 Å². The molecule has 0 fully saturated rings. The molecule has 0 saturated heterocycles. The van der Waals surface area contributed by atoms with E-state index in [-0.39, 0.29) is 11.5 Å². The first-order valence-electron chi connectivity index (χ1n) is 10.7. The summed E-state index contributed by atoms with van der Waals surface area (Å²) in [4.78, 5) is 25.1. The number of hydrazone groups is 1. The van der Waals surface area contributed by atoms with Gasteiger partial charge in [-0.2, -0.15) is 5.10 Å². The number of nitrogens with one attached hydrogen (secondary N) is 2. The van der Waals surface area contributed by atoms with Crippen molar-refractivity contribution in [3.8, 4) is 5.75 Å². The lowest BCUT2D eigenvalue weighted by atomic mass is 10.0. The molecule has 176 valence electrons. The van der Waals surface area contributed by atoms with Gasteiger partial charge in [0.15, 0.2) is 0 Å². The standard InChI is InChI=1S/C26H25ClFN3O3/c1-17(2)24(30-25(32)19-9-13-22(28)14-10-19)26(33)31-29-15-20-5-3-4-6-23(20)34-16-18-7-11-21(27)12-8-18/h3-15,17,24H,16H2,1-2H3,(H,30,32)(H,31,33)/b29-15-/t24-/m0/s1. The zero-order valence-electron chi connectivity index (χ0n) is 18.8. The quantitative estimate of drug-likeness (QED) is 0.335. The maximum Gasteiger partial charge on any atom is 0.262 e. The molecular weight excluding hydrogens is 457 g/mol. The lowest BCUT2D eigenvalue weighted by molar-refractivity contribution is -0.123. The summed E-state index contributed by atoms with van der Waals surface area (Å²) in [7, 11) is 0. The Kier molecular flexibility index (Phi) is 8.76. The van der Waals surface area contributed by atoms with Gasteiger partial charge in [0.05, 0.1) is 6.21 Å². The van der Waals surface area contributed by atoms with E-state index in [1.807, 2.05) is 30.3 Å². The van der Waals surface area contributed by atoms with E-state index < -0.39 is 23.7 Å². The second-order valence-corrected chi connectivity index (χ2v) is 8.33. The van der Waals surface area contributed by atoms with Crippen LogP contribution in [0.1, 0.15) is 35.3 Å². The number of rotatable bonds is 9. The van der Waals surface area contributed by atoms with Gasteiger partial charge in [-0.05, 0) is 60.0 Å². The van der Waals surface area contributed by atoms with E-state index in [0.717, 1.165) is 5.56 Å². The fourth-order valence-corrected chi connectivity index (χ4v) is 3.18. The topological polar surface area (TPSA) is 79.8 Å². The van der Waals surface area contributed by atoms with Gasteiger partial charge in [0.25, 0.3) is 11.8 Å². The summed E-state index contributed by atoms with van der Waals surface area (Å²) >= 11 is 5.91. The average Bonchev–Trinajstić information content (AvgIpc) is 2.83. The summed E-state index contributed by atoms with van der Waals surface area (Å²) in [5.74, 6) is -0.989. The fraction of sp³-hybridized carbons (Fsp3) is 0.192. The molecule has 0 unspecified atom stereocenters. The molecule has 1 atom stereocenters. The van der Waals surface area contributed by atoms with Crippen molar-refractivity contribution in [2.24, 2.45) is 11.0 Å². The zero-order chi connectivity index (χ0) is 24.5. The van der Waals surface area contributed by atoms with E-state index >= 15 is 0 Å². The number of hydrogen-bond donors (Lipinski definition) is 2. The number of nitrogens with zero attached hydrogens (tertiary/aromatic N) is 1. The summed E-state index contributed by atoms with van der Waals surface area (Å²) in [6, 6.07) is 18.9. The molecule has 8 heteroatoms. The van der Waals surface area contributed by atoms with Crippen LogP contribution in [0.2, 0.25) is 5.02 Å². The minimum atomic E-state index is -0.828. The van der Waals surface area contributed by atoms with Crippen LogP contribution in [0.5, 0.6) is 5.75 Å². The fourth-order valence-electron chi connectivity index (χ4n) is 3.06. The highest BCUT2D eigenvalue weighted by Gasteiger charge is 2.24. The number of halogens is 2. The minimum Gasteiger partial charge on any atom is -0.488 e. The molecular formula is C26H25ClFN3O3. The van der Waals surface area contributed by atoms with Gasteiger partial charge in [-0.1, -0.05) is 49.7 Å². The predicted molar refractivity (Wildman–Crippen MR) is 130 cm³/mol. The van der Waals surface area contributed by atoms with Crippen LogP contribution in [0.3, 0.4) is 0 Å². The Labute approximate surface area is 202 Å². The lowest BCUT2D eigenvalue weighted by Gasteiger charge is -2.20. The highest BCUT2D eigenvalue weighted by Crippen LogP contribution is 2.18. The van der Waals surface area contributed by atoms with Gasteiger partial charge in [-0.15, -0.1) is 0 Å². The Morgan fingerprint density at radius 1 is 1.03 bits per heavy atom. The highest BCUT2D eigenvalue weighted by atomic mass is 35.5. The summed E-state index contributed by atoms with van der Waals surface area (Å²) in [6.07, 6.45) is 1.48. The maximum atomic E-state index is 13.1. The largest absolute Gasteiger partial charge is 0.488 e. The Bertz CT molecular complexity index is 1150. The monoisotopic (exact) mass is 481 g/mol. The molecule has 6 nitrogen and oxygen atoms in total. The number of hydrogen-bond acceptors (Lipinski definition) is 4. The summed E-state index contributed by atoms with van der Waals surface area (Å²) in [5, 5.41) is 7.37. The molecule has 0 saturated carbocycles. The number of amides is 2. The molecule has 0 heterocycles. The molecule has 0 aromatic heterocycles. The van der Waals surface area contributed by atoms with Crippen LogP contribution in [0, 0.1) is 11.7 Å². The summed E-state index contributed by atoms with van der Waals surface area (Å²) in [6.45, 7) is 3.96. The van der Waals surface area contributed by atoms with E-state index in [4.69, 9.17) is 16.3 Å². The second-order valence-electron chi connectivity index (χ2n) is 7.89. The van der Waals surface area contributed by atoms with Crippen molar-refractivity contribution < 1.29 is 18.7 Å². The van der Waals surface area contributed by atoms with Crippen molar-refractivity contribution in [3.63, 3.8) is 0 Å². The van der Waals surface area contributed by atoms with Crippen LogP contribution in [0.15, 0.2) is 77.9 Å². The molecule has 0 aliphatic heterocycles. The third-order valence-corrected chi connectivity index (χ3v) is 5.20. The third-order valence-electron chi connectivity index (χ3n) is 4.95. The van der Waals surface area contributed by atoms with Gasteiger partial charge in [-0.25, -0.2) is 9.82 Å². The molecule has 0 bridgehead atoms. The number of para-hydroxylation sites is 1. The second kappa shape index (κ2) is 12.0. The van der Waals surface area contributed by atoms with Gasteiger partial charge in [0.1, 0.15) is 24.2 Å². The normalized spacial score (nSPS) is 11.9. The van der Waals surface area contributed by atoms with Crippen molar-refractivity contribution in [1.82, 2.24) is 10.7 Å². The van der Waals surface area contributed by atoms with Crippen LogP contribution in [-0.2, 0) is 11.4 Å². The molecule has 2 amide bonds. The summed E-state index contributed by atoms with van der Waals surface area (Å²) in [5.41, 5.74) is 4.36. The van der Waals surface area contributed by atoms with Crippen LogP contribution < -0.4 is 15.5 Å². The Morgan fingerprint density at radius 3 is 2.38 bits per heavy atom. The molecule has 0 aliphatic rings. The Morgan fingerprint density at radius 2 is 1.71 bits per heavy atom. The number of ether oxygens (including phenoxy) is 1. The van der Waals surface area contributed by atoms with Gasteiger partial charge >= 0.3 is 0 Å². The van der Waals surface area contributed by atoms with Crippen LogP contribution in [0.25, 0.3) is 0 Å². The minimum absolute atomic E-state index is 0.199.